The summed E-state index contributed by atoms with van der Waals surface area (Å²) in [6.07, 6.45) is 0. The van der Waals surface area contributed by atoms with Gasteiger partial charge in [0.15, 0.2) is 0 Å². The van der Waals surface area contributed by atoms with Crippen molar-refractivity contribution < 1.29 is 4.42 Å². The molecule has 0 atom stereocenters. The van der Waals surface area contributed by atoms with Crippen LogP contribution in [-0.4, -0.2) is 11.3 Å². The second-order valence-electron chi connectivity index (χ2n) is 12.9. The molecule has 0 amide bonds. The van der Waals surface area contributed by atoms with Crippen molar-refractivity contribution in [2.75, 3.05) is 4.90 Å². The maximum Gasteiger partial charge on any atom is 0.333 e. The molecule has 0 fully saturated rings. The fourth-order valence-electron chi connectivity index (χ4n) is 8.62. The molecule has 12 rings (SSSR count). The van der Waals surface area contributed by atoms with Gasteiger partial charge in [0, 0.05) is 48.9 Å². The van der Waals surface area contributed by atoms with Gasteiger partial charge in [-0.15, -0.1) is 11.3 Å². The van der Waals surface area contributed by atoms with Crippen molar-refractivity contribution in [3.8, 4) is 10.4 Å². The van der Waals surface area contributed by atoms with Crippen LogP contribution in [0.5, 0.6) is 0 Å². The molecule has 0 aliphatic carbocycles. The number of fused-ring (bicyclic) bond motifs is 13. The molecule has 5 heterocycles. The Morgan fingerprint density at radius 1 is 0.596 bits per heavy atom. The third-order valence-corrected chi connectivity index (χ3v) is 11.6. The monoisotopic (exact) mass is 614 g/mol. The van der Waals surface area contributed by atoms with Gasteiger partial charge in [0.25, 0.3) is 0 Å². The zero-order chi connectivity index (χ0) is 30.4. The average Bonchev–Trinajstić information content (AvgIpc) is 3.82. The minimum atomic E-state index is 0.0271. The first-order valence-electron chi connectivity index (χ1n) is 16.1. The van der Waals surface area contributed by atoms with Crippen molar-refractivity contribution in [1.82, 2.24) is 4.48 Å². The molecular formula is C42H23BN2OS. The van der Waals surface area contributed by atoms with Gasteiger partial charge in [-0.3, -0.25) is 0 Å². The maximum absolute atomic E-state index is 6.71. The minimum Gasteiger partial charge on any atom is -0.455 e. The highest BCUT2D eigenvalue weighted by atomic mass is 32.1. The van der Waals surface area contributed by atoms with Crippen molar-refractivity contribution in [2.45, 2.75) is 0 Å². The molecule has 0 spiro atoms. The molecule has 7 aromatic carbocycles. The van der Waals surface area contributed by atoms with Crippen LogP contribution in [0.4, 0.5) is 17.1 Å². The Kier molecular flexibility index (Phi) is 4.43. The number of benzene rings is 7. The van der Waals surface area contributed by atoms with Crippen LogP contribution in [0.1, 0.15) is 0 Å². The number of para-hydroxylation sites is 2. The predicted molar refractivity (Wildman–Crippen MR) is 200 cm³/mol. The first-order valence-corrected chi connectivity index (χ1v) is 17.0. The van der Waals surface area contributed by atoms with Crippen LogP contribution in [-0.2, 0) is 0 Å². The normalized spacial score (nSPS) is 13.4. The summed E-state index contributed by atoms with van der Waals surface area (Å²) in [4.78, 5) is 3.86. The lowest BCUT2D eigenvalue weighted by molar-refractivity contribution is 0.673. The van der Waals surface area contributed by atoms with Gasteiger partial charge in [0.2, 0.25) is 0 Å². The van der Waals surface area contributed by atoms with Crippen molar-refractivity contribution >= 4 is 111 Å². The summed E-state index contributed by atoms with van der Waals surface area (Å²) in [5.74, 6) is 0. The molecule has 5 heteroatoms. The summed E-state index contributed by atoms with van der Waals surface area (Å²) >= 11 is 1.87. The Labute approximate surface area is 273 Å². The van der Waals surface area contributed by atoms with Crippen LogP contribution in [0.15, 0.2) is 143 Å². The smallest absolute Gasteiger partial charge is 0.333 e. The summed E-state index contributed by atoms with van der Waals surface area (Å²) < 4.78 is 9.33. The van der Waals surface area contributed by atoms with E-state index >= 15 is 0 Å². The molecule has 0 unspecified atom stereocenters. The minimum absolute atomic E-state index is 0.0271. The number of aromatic nitrogens is 1. The standard InChI is InChI=1S/C42H23BN2OS/c1-2-10-25-19-28(18-17-24(25)9-1)44-35-21-27-12-4-3-11-26(27)20-33(35)43-39-36(44)23-47-42(39)32-22-31-29-13-6-8-16-37(29)46-41(31)38-30-14-5-7-15-34(30)45(43)40(32)38/h1-23H. The molecule has 0 bridgehead atoms. The lowest BCUT2D eigenvalue weighted by atomic mass is 9.46. The van der Waals surface area contributed by atoms with Crippen LogP contribution in [0, 0.1) is 0 Å². The number of anilines is 3. The van der Waals surface area contributed by atoms with Crippen molar-refractivity contribution in [1.29, 1.82) is 0 Å². The van der Waals surface area contributed by atoms with Crippen molar-refractivity contribution in [2.24, 2.45) is 0 Å². The highest BCUT2D eigenvalue weighted by Gasteiger charge is 2.44. The number of hydrogen-bond acceptors (Lipinski definition) is 3. The van der Waals surface area contributed by atoms with Gasteiger partial charge < -0.3 is 13.8 Å². The van der Waals surface area contributed by atoms with Crippen LogP contribution in [0.3, 0.4) is 0 Å². The zero-order valence-corrected chi connectivity index (χ0v) is 25.9. The molecule has 216 valence electrons. The Morgan fingerprint density at radius 3 is 2.19 bits per heavy atom. The van der Waals surface area contributed by atoms with Gasteiger partial charge in [0.05, 0.1) is 16.6 Å². The molecule has 3 aromatic heterocycles. The van der Waals surface area contributed by atoms with E-state index in [-0.39, 0.29) is 6.85 Å². The highest BCUT2D eigenvalue weighted by molar-refractivity contribution is 7.17. The Balaban J connectivity index is 1.26. The predicted octanol–water partition coefficient (Wildman–Crippen LogP) is 10.5. The van der Waals surface area contributed by atoms with Gasteiger partial charge in [-0.1, -0.05) is 97.1 Å². The highest BCUT2D eigenvalue weighted by Crippen LogP contribution is 2.51. The maximum atomic E-state index is 6.71. The fourth-order valence-corrected chi connectivity index (χ4v) is 9.70. The Hall–Kier alpha value is -5.78. The Bertz CT molecular complexity index is 3000. The summed E-state index contributed by atoms with van der Waals surface area (Å²) in [6.45, 7) is 0.0271. The molecule has 0 radical (unpaired) electrons. The zero-order valence-electron chi connectivity index (χ0n) is 25.1. The molecular weight excluding hydrogens is 591 g/mol. The number of furan rings is 1. The lowest BCUT2D eigenvalue weighted by Gasteiger charge is -2.38. The average molecular weight is 615 g/mol. The quantitative estimate of drug-likeness (QED) is 0.172. The summed E-state index contributed by atoms with van der Waals surface area (Å²) in [6, 6.07) is 48.9. The van der Waals surface area contributed by atoms with Gasteiger partial charge in [-0.2, -0.15) is 0 Å². The molecule has 0 saturated heterocycles. The third kappa shape index (κ3) is 2.99. The molecule has 10 aromatic rings. The molecule has 2 aliphatic rings. The van der Waals surface area contributed by atoms with E-state index in [9.17, 15) is 0 Å². The van der Waals surface area contributed by atoms with Gasteiger partial charge in [0.1, 0.15) is 11.2 Å². The van der Waals surface area contributed by atoms with Crippen molar-refractivity contribution in [3.05, 3.63) is 139 Å². The molecule has 47 heavy (non-hydrogen) atoms. The molecule has 2 aliphatic heterocycles. The van der Waals surface area contributed by atoms with E-state index in [1.165, 1.54) is 92.6 Å². The van der Waals surface area contributed by atoms with Crippen LogP contribution < -0.4 is 15.8 Å². The second-order valence-corrected chi connectivity index (χ2v) is 13.8. The van der Waals surface area contributed by atoms with Gasteiger partial charge >= 0.3 is 6.85 Å². The summed E-state index contributed by atoms with van der Waals surface area (Å²) in [5, 5.41) is 12.2. The molecule has 0 saturated carbocycles. The number of thiophene rings is 1. The first kappa shape index (κ1) is 24.5. The fraction of sp³-hybridized carbons (Fsp3) is 0. The second kappa shape index (κ2) is 8.52. The number of nitrogens with zero attached hydrogens (tertiary/aromatic N) is 2. The van der Waals surface area contributed by atoms with Crippen molar-refractivity contribution in [3.63, 3.8) is 0 Å². The van der Waals surface area contributed by atoms with Gasteiger partial charge in [-0.25, -0.2) is 0 Å². The van der Waals surface area contributed by atoms with E-state index in [1.807, 2.05) is 11.3 Å². The van der Waals surface area contributed by atoms with E-state index in [1.54, 1.807) is 0 Å². The van der Waals surface area contributed by atoms with E-state index in [0.29, 0.717) is 0 Å². The molecule has 3 nitrogen and oxygen atoms in total. The van der Waals surface area contributed by atoms with Crippen LogP contribution in [0.25, 0.3) is 75.7 Å². The summed E-state index contributed by atoms with van der Waals surface area (Å²) in [5.41, 5.74) is 12.1. The third-order valence-electron chi connectivity index (χ3n) is 10.6. The van der Waals surface area contributed by atoms with E-state index < -0.39 is 0 Å². The van der Waals surface area contributed by atoms with Crippen LogP contribution >= 0.6 is 11.3 Å². The van der Waals surface area contributed by atoms with E-state index in [0.717, 1.165) is 11.2 Å². The number of rotatable bonds is 1. The summed E-state index contributed by atoms with van der Waals surface area (Å²) in [7, 11) is 0. The van der Waals surface area contributed by atoms with Gasteiger partial charge in [-0.05, 0) is 68.9 Å². The van der Waals surface area contributed by atoms with Crippen LogP contribution in [0.2, 0.25) is 0 Å². The largest absolute Gasteiger partial charge is 0.455 e. The van der Waals surface area contributed by atoms with E-state index in [2.05, 4.69) is 148 Å². The number of hydrogen-bond donors (Lipinski definition) is 0. The SMILES string of the molecule is c1ccc2cc(N3c4cc5ccccc5cc4B4c5c3csc5-c3cc5c6ccccc6oc5c5c6ccccc6n4c35)ccc2c1. The topological polar surface area (TPSA) is 21.3 Å². The molecule has 0 N–H and O–H groups in total. The Morgan fingerprint density at radius 2 is 1.32 bits per heavy atom. The lowest BCUT2D eigenvalue weighted by Crippen LogP contribution is -2.55. The first-order chi connectivity index (χ1) is 23.3. The van der Waals surface area contributed by atoms with E-state index in [4.69, 9.17) is 4.42 Å².